The van der Waals surface area contributed by atoms with E-state index in [-0.39, 0.29) is 6.17 Å². The topological polar surface area (TPSA) is 26.7 Å². The fraction of sp³-hybridized carbons (Fsp3) is 0.600. The van der Waals surface area contributed by atoms with Crippen molar-refractivity contribution >= 4 is 0 Å². The lowest BCUT2D eigenvalue weighted by molar-refractivity contribution is 0.186. The molecule has 18 heavy (non-hydrogen) atoms. The highest BCUT2D eigenvalue weighted by molar-refractivity contribution is 5.44. The third-order valence-corrected chi connectivity index (χ3v) is 4.16. The molecule has 0 radical (unpaired) electrons. The van der Waals surface area contributed by atoms with E-state index in [1.807, 2.05) is 12.1 Å². The summed E-state index contributed by atoms with van der Waals surface area (Å²) in [5.74, 6) is 0.888. The average molecular weight is 248 g/mol. The van der Waals surface area contributed by atoms with E-state index in [0.717, 1.165) is 30.6 Å². The lowest BCUT2D eigenvalue weighted by Crippen LogP contribution is -2.25. The number of nitrogens with zero attached hydrogens (tertiary/aromatic N) is 2. The number of phenolic OH excluding ortho intramolecular Hbond substituents is 1. The first-order valence-electron chi connectivity index (χ1n) is 6.78. The van der Waals surface area contributed by atoms with Crippen LogP contribution in [0, 0.1) is 0 Å². The van der Waals surface area contributed by atoms with Crippen LogP contribution in [0.2, 0.25) is 0 Å². The molecule has 1 fully saturated rings. The summed E-state index contributed by atoms with van der Waals surface area (Å²) >= 11 is 0. The maximum absolute atomic E-state index is 10.5. The van der Waals surface area contributed by atoms with Gasteiger partial charge in [-0.1, -0.05) is 32.0 Å². The molecule has 2 rings (SSSR count). The minimum atomic E-state index is 0.203. The molecule has 0 bridgehead atoms. The summed E-state index contributed by atoms with van der Waals surface area (Å²) in [6.45, 7) is 6.42. The minimum absolute atomic E-state index is 0.203. The van der Waals surface area contributed by atoms with Crippen molar-refractivity contribution in [2.45, 2.75) is 32.4 Å². The van der Waals surface area contributed by atoms with Gasteiger partial charge in [0.05, 0.1) is 6.17 Å². The molecule has 1 aromatic rings. The van der Waals surface area contributed by atoms with E-state index in [1.54, 1.807) is 0 Å². The minimum Gasteiger partial charge on any atom is -0.507 e. The van der Waals surface area contributed by atoms with Crippen LogP contribution in [0.5, 0.6) is 5.75 Å². The van der Waals surface area contributed by atoms with Crippen LogP contribution in [0.1, 0.15) is 43.5 Å². The predicted molar refractivity (Wildman–Crippen MR) is 74.8 cm³/mol. The molecule has 1 aliphatic heterocycles. The predicted octanol–water partition coefficient (Wildman–Crippen LogP) is 2.78. The van der Waals surface area contributed by atoms with Crippen molar-refractivity contribution in [1.29, 1.82) is 0 Å². The zero-order chi connectivity index (χ0) is 13.3. The van der Waals surface area contributed by atoms with Gasteiger partial charge in [-0.05, 0) is 32.0 Å². The highest BCUT2D eigenvalue weighted by Crippen LogP contribution is 2.38. The molecule has 1 aliphatic rings. The molecule has 100 valence electrons. The van der Waals surface area contributed by atoms with Gasteiger partial charge in [0.1, 0.15) is 5.75 Å². The Labute approximate surface area is 110 Å². The van der Waals surface area contributed by atoms with Crippen LogP contribution in [0.25, 0.3) is 0 Å². The van der Waals surface area contributed by atoms with E-state index in [9.17, 15) is 5.11 Å². The second-order valence-electron chi connectivity index (χ2n) is 5.43. The number of hydrogen-bond acceptors (Lipinski definition) is 3. The van der Waals surface area contributed by atoms with E-state index >= 15 is 0 Å². The molecule has 0 aliphatic carbocycles. The Balaban J connectivity index is 2.39. The van der Waals surface area contributed by atoms with Crippen LogP contribution >= 0.6 is 0 Å². The fourth-order valence-corrected chi connectivity index (χ4v) is 2.78. The molecule has 0 aromatic heterocycles. The van der Waals surface area contributed by atoms with Gasteiger partial charge in [-0.3, -0.25) is 9.80 Å². The monoisotopic (exact) mass is 248 g/mol. The van der Waals surface area contributed by atoms with Crippen LogP contribution in [0.4, 0.5) is 0 Å². The summed E-state index contributed by atoms with van der Waals surface area (Å²) in [5, 5.41) is 10.5. The van der Waals surface area contributed by atoms with Gasteiger partial charge in [0.15, 0.2) is 0 Å². The molecule has 3 nitrogen and oxygen atoms in total. The molecule has 1 atom stereocenters. The number of phenols is 1. The Morgan fingerprint density at radius 3 is 2.44 bits per heavy atom. The quantitative estimate of drug-likeness (QED) is 0.891. The van der Waals surface area contributed by atoms with E-state index in [2.05, 4.69) is 43.8 Å². The first-order chi connectivity index (χ1) is 8.56. The van der Waals surface area contributed by atoms with E-state index < -0.39 is 0 Å². The molecule has 1 N–H and O–H groups in total. The molecule has 1 heterocycles. The van der Waals surface area contributed by atoms with Gasteiger partial charge in [0.25, 0.3) is 0 Å². The van der Waals surface area contributed by atoms with Gasteiger partial charge in [-0.25, -0.2) is 0 Å². The van der Waals surface area contributed by atoms with Crippen molar-refractivity contribution in [1.82, 2.24) is 9.80 Å². The summed E-state index contributed by atoms with van der Waals surface area (Å²) in [7, 11) is 4.23. The average Bonchev–Trinajstić information content (AvgIpc) is 2.69. The Morgan fingerprint density at radius 1 is 1.28 bits per heavy atom. The maximum atomic E-state index is 10.5. The van der Waals surface area contributed by atoms with Gasteiger partial charge in [0.2, 0.25) is 0 Å². The molecule has 3 heteroatoms. The molecule has 1 saturated heterocycles. The number of hydrogen-bond donors (Lipinski definition) is 1. The summed E-state index contributed by atoms with van der Waals surface area (Å²) in [5.41, 5.74) is 2.11. The van der Waals surface area contributed by atoms with Gasteiger partial charge in [-0.2, -0.15) is 0 Å². The molecule has 0 spiro atoms. The Morgan fingerprint density at radius 2 is 1.89 bits per heavy atom. The summed E-state index contributed by atoms with van der Waals surface area (Å²) in [6.07, 6.45) is 1.25. The van der Waals surface area contributed by atoms with Crippen molar-refractivity contribution in [2.24, 2.45) is 0 Å². The van der Waals surface area contributed by atoms with Gasteiger partial charge < -0.3 is 5.11 Å². The molecule has 0 amide bonds. The van der Waals surface area contributed by atoms with Crippen LogP contribution in [-0.2, 0) is 0 Å². The Hall–Kier alpha value is -1.06. The third-order valence-electron chi connectivity index (χ3n) is 4.16. The highest BCUT2D eigenvalue weighted by atomic mass is 16.3. The zero-order valence-electron chi connectivity index (χ0n) is 11.8. The smallest absolute Gasteiger partial charge is 0.125 e. The molecule has 0 saturated carbocycles. The lowest BCUT2D eigenvalue weighted by Gasteiger charge is -2.27. The van der Waals surface area contributed by atoms with Gasteiger partial charge in [0, 0.05) is 18.7 Å². The van der Waals surface area contributed by atoms with E-state index in [4.69, 9.17) is 0 Å². The highest BCUT2D eigenvalue weighted by Gasteiger charge is 2.30. The van der Waals surface area contributed by atoms with Crippen LogP contribution in [-0.4, -0.2) is 42.1 Å². The Bertz CT molecular complexity index is 409. The number of rotatable bonds is 3. The molecule has 1 aromatic carbocycles. The second-order valence-corrected chi connectivity index (χ2v) is 5.43. The van der Waals surface area contributed by atoms with Crippen LogP contribution in [0.3, 0.4) is 0 Å². The zero-order valence-corrected chi connectivity index (χ0v) is 11.8. The first-order valence-corrected chi connectivity index (χ1v) is 6.78. The van der Waals surface area contributed by atoms with E-state index in [0.29, 0.717) is 11.7 Å². The second kappa shape index (κ2) is 5.29. The summed E-state index contributed by atoms with van der Waals surface area (Å²) < 4.78 is 0. The van der Waals surface area contributed by atoms with Crippen LogP contribution < -0.4 is 0 Å². The SMILES string of the molecule is CCC(C)c1cccc(C2N(C)CCN2C)c1O. The van der Waals surface area contributed by atoms with Gasteiger partial charge >= 0.3 is 0 Å². The number of benzene rings is 1. The van der Waals surface area contributed by atoms with E-state index in [1.165, 1.54) is 0 Å². The van der Waals surface area contributed by atoms with Crippen molar-refractivity contribution in [3.63, 3.8) is 0 Å². The van der Waals surface area contributed by atoms with Crippen molar-refractivity contribution in [3.05, 3.63) is 29.3 Å². The van der Waals surface area contributed by atoms with Gasteiger partial charge in [-0.15, -0.1) is 0 Å². The normalized spacial score (nSPS) is 20.4. The molecular formula is C15H24N2O. The fourth-order valence-electron chi connectivity index (χ4n) is 2.78. The number of para-hydroxylation sites is 1. The Kier molecular flexibility index (Phi) is 3.93. The maximum Gasteiger partial charge on any atom is 0.125 e. The van der Waals surface area contributed by atoms with Crippen molar-refractivity contribution < 1.29 is 5.11 Å². The molecule has 1 unspecified atom stereocenters. The van der Waals surface area contributed by atoms with Crippen molar-refractivity contribution in [3.8, 4) is 5.75 Å². The van der Waals surface area contributed by atoms with Crippen molar-refractivity contribution in [2.75, 3.05) is 27.2 Å². The number of likely N-dealkylation sites (N-methyl/N-ethyl adjacent to an activating group) is 2. The molecular weight excluding hydrogens is 224 g/mol. The standard InChI is InChI=1S/C15H24N2O/c1-5-11(2)12-7-6-8-13(14(12)18)15-16(3)9-10-17(15)4/h6-8,11,15,18H,5,9-10H2,1-4H3. The lowest BCUT2D eigenvalue weighted by atomic mass is 9.94. The summed E-state index contributed by atoms with van der Waals surface area (Å²) in [6, 6.07) is 6.16. The largest absolute Gasteiger partial charge is 0.507 e. The number of aromatic hydroxyl groups is 1. The first kappa shape index (κ1) is 13.4. The van der Waals surface area contributed by atoms with Crippen LogP contribution in [0.15, 0.2) is 18.2 Å². The third kappa shape index (κ3) is 2.25. The summed E-state index contributed by atoms with van der Waals surface area (Å²) in [4.78, 5) is 4.57.